The lowest BCUT2D eigenvalue weighted by Crippen LogP contribution is -2.39. The van der Waals surface area contributed by atoms with E-state index in [1.165, 1.54) is 0 Å². The van der Waals surface area contributed by atoms with Crippen molar-refractivity contribution in [2.75, 3.05) is 23.7 Å². The Kier molecular flexibility index (Phi) is 3.97. The summed E-state index contributed by atoms with van der Waals surface area (Å²) < 4.78 is 0. The highest BCUT2D eigenvalue weighted by Crippen LogP contribution is 2.25. The predicted molar refractivity (Wildman–Crippen MR) is 69.8 cm³/mol. The van der Waals surface area contributed by atoms with E-state index in [1.54, 1.807) is 32.0 Å². The van der Waals surface area contributed by atoms with Crippen molar-refractivity contribution >= 4 is 11.4 Å². The number of nitrogen functional groups attached to an aromatic ring is 1. The van der Waals surface area contributed by atoms with E-state index in [0.717, 1.165) is 12.2 Å². The van der Waals surface area contributed by atoms with Gasteiger partial charge in [0.05, 0.1) is 28.6 Å². The normalized spacial score (nSPS) is 11.0. The molecule has 17 heavy (non-hydrogen) atoms. The summed E-state index contributed by atoms with van der Waals surface area (Å²) in [5.74, 6) is 0. The second kappa shape index (κ2) is 5.07. The van der Waals surface area contributed by atoms with Gasteiger partial charge in [-0.2, -0.15) is 5.26 Å². The molecule has 0 fully saturated rings. The van der Waals surface area contributed by atoms with Gasteiger partial charge in [-0.15, -0.1) is 0 Å². The zero-order chi connectivity index (χ0) is 13.1. The molecule has 92 valence electrons. The lowest BCUT2D eigenvalue weighted by molar-refractivity contribution is 0.0876. The lowest BCUT2D eigenvalue weighted by Gasteiger charge is -2.30. The highest BCUT2D eigenvalue weighted by Gasteiger charge is 2.19. The van der Waals surface area contributed by atoms with Crippen molar-refractivity contribution in [2.24, 2.45) is 0 Å². The van der Waals surface area contributed by atoms with E-state index in [-0.39, 0.29) is 0 Å². The summed E-state index contributed by atoms with van der Waals surface area (Å²) in [6, 6.07) is 7.26. The molecule has 0 radical (unpaired) electrons. The Morgan fingerprint density at radius 2 is 2.12 bits per heavy atom. The Bertz CT molecular complexity index is 429. The van der Waals surface area contributed by atoms with Crippen LogP contribution in [-0.2, 0) is 0 Å². The average Bonchev–Trinajstić information content (AvgIpc) is 2.25. The number of likely N-dealkylation sites (N-methyl/N-ethyl adjacent to an activating group) is 1. The van der Waals surface area contributed by atoms with Gasteiger partial charge in [-0.1, -0.05) is 0 Å². The molecule has 0 saturated carbocycles. The SMILES string of the molecule is CCN(CC(C)(C)O)c1cc(C#N)ccc1N. The maximum Gasteiger partial charge on any atom is 0.0992 e. The van der Waals surface area contributed by atoms with Crippen LogP contribution in [0.2, 0.25) is 0 Å². The van der Waals surface area contributed by atoms with Gasteiger partial charge in [0, 0.05) is 13.1 Å². The number of hydrogen-bond acceptors (Lipinski definition) is 4. The molecule has 1 rings (SSSR count). The Morgan fingerprint density at radius 1 is 1.47 bits per heavy atom. The Balaban J connectivity index is 3.07. The summed E-state index contributed by atoms with van der Waals surface area (Å²) in [6.07, 6.45) is 0. The molecule has 4 heteroatoms. The van der Waals surface area contributed by atoms with Gasteiger partial charge < -0.3 is 15.7 Å². The van der Waals surface area contributed by atoms with Crippen molar-refractivity contribution in [3.8, 4) is 6.07 Å². The summed E-state index contributed by atoms with van der Waals surface area (Å²) in [6.45, 7) is 6.69. The quantitative estimate of drug-likeness (QED) is 0.777. The smallest absolute Gasteiger partial charge is 0.0992 e. The first-order chi connectivity index (χ1) is 7.87. The number of benzene rings is 1. The molecule has 0 saturated heterocycles. The van der Waals surface area contributed by atoms with Gasteiger partial charge in [0.15, 0.2) is 0 Å². The largest absolute Gasteiger partial charge is 0.397 e. The van der Waals surface area contributed by atoms with E-state index in [0.29, 0.717) is 17.8 Å². The fourth-order valence-electron chi connectivity index (χ4n) is 1.72. The van der Waals surface area contributed by atoms with Gasteiger partial charge in [0.2, 0.25) is 0 Å². The molecule has 0 spiro atoms. The van der Waals surface area contributed by atoms with Crippen LogP contribution in [-0.4, -0.2) is 23.8 Å². The maximum atomic E-state index is 9.85. The van der Waals surface area contributed by atoms with Crippen molar-refractivity contribution in [1.29, 1.82) is 5.26 Å². The van der Waals surface area contributed by atoms with Crippen LogP contribution in [0.25, 0.3) is 0 Å². The number of aliphatic hydroxyl groups is 1. The molecule has 0 bridgehead atoms. The summed E-state index contributed by atoms with van der Waals surface area (Å²) in [4.78, 5) is 1.97. The molecule has 0 aliphatic carbocycles. The standard InChI is InChI=1S/C13H19N3O/c1-4-16(9-13(2,3)17)12-7-10(8-14)5-6-11(12)15/h5-7,17H,4,9,15H2,1-3H3. The summed E-state index contributed by atoms with van der Waals surface area (Å²) in [5, 5.41) is 18.7. The molecule has 1 aromatic rings. The minimum Gasteiger partial charge on any atom is -0.397 e. The first-order valence-electron chi connectivity index (χ1n) is 5.64. The van der Waals surface area contributed by atoms with Crippen LogP contribution in [0.3, 0.4) is 0 Å². The Morgan fingerprint density at radius 3 is 2.59 bits per heavy atom. The van der Waals surface area contributed by atoms with Gasteiger partial charge in [-0.25, -0.2) is 0 Å². The second-order valence-electron chi connectivity index (χ2n) is 4.71. The minimum atomic E-state index is -0.800. The third-order valence-corrected chi connectivity index (χ3v) is 2.46. The lowest BCUT2D eigenvalue weighted by atomic mass is 10.1. The highest BCUT2D eigenvalue weighted by molar-refractivity contribution is 5.69. The molecule has 0 unspecified atom stereocenters. The van der Waals surface area contributed by atoms with Crippen molar-refractivity contribution in [2.45, 2.75) is 26.4 Å². The van der Waals surface area contributed by atoms with E-state index in [1.807, 2.05) is 11.8 Å². The van der Waals surface area contributed by atoms with Crippen LogP contribution in [0.1, 0.15) is 26.3 Å². The number of rotatable bonds is 4. The van der Waals surface area contributed by atoms with Crippen molar-refractivity contribution in [3.63, 3.8) is 0 Å². The topological polar surface area (TPSA) is 73.3 Å². The fraction of sp³-hybridized carbons (Fsp3) is 0.462. The molecule has 1 aromatic carbocycles. The van der Waals surface area contributed by atoms with Crippen molar-refractivity contribution in [1.82, 2.24) is 0 Å². The van der Waals surface area contributed by atoms with Crippen LogP contribution >= 0.6 is 0 Å². The molecule has 4 nitrogen and oxygen atoms in total. The van der Waals surface area contributed by atoms with E-state index < -0.39 is 5.60 Å². The molecule has 0 aliphatic rings. The van der Waals surface area contributed by atoms with Gasteiger partial charge in [-0.05, 0) is 39.0 Å². The molecule has 0 atom stereocenters. The number of nitriles is 1. The Hall–Kier alpha value is -1.73. The molecular formula is C13H19N3O. The van der Waals surface area contributed by atoms with E-state index >= 15 is 0 Å². The average molecular weight is 233 g/mol. The molecule has 3 N–H and O–H groups in total. The number of nitrogens with two attached hydrogens (primary N) is 1. The molecule has 0 aliphatic heterocycles. The molecule has 0 amide bonds. The third kappa shape index (κ3) is 3.65. The number of hydrogen-bond donors (Lipinski definition) is 2. The van der Waals surface area contributed by atoms with Crippen molar-refractivity contribution < 1.29 is 5.11 Å². The zero-order valence-electron chi connectivity index (χ0n) is 10.6. The predicted octanol–water partition coefficient (Wildman–Crippen LogP) is 1.74. The Labute approximate surface area is 102 Å². The van der Waals surface area contributed by atoms with Crippen LogP contribution in [0, 0.1) is 11.3 Å². The fourth-order valence-corrected chi connectivity index (χ4v) is 1.72. The third-order valence-electron chi connectivity index (χ3n) is 2.46. The van der Waals surface area contributed by atoms with Gasteiger partial charge in [0.25, 0.3) is 0 Å². The summed E-state index contributed by atoms with van der Waals surface area (Å²) in [7, 11) is 0. The minimum absolute atomic E-state index is 0.475. The number of anilines is 2. The summed E-state index contributed by atoms with van der Waals surface area (Å²) >= 11 is 0. The molecule has 0 heterocycles. The highest BCUT2D eigenvalue weighted by atomic mass is 16.3. The van der Waals surface area contributed by atoms with E-state index in [4.69, 9.17) is 11.0 Å². The monoisotopic (exact) mass is 233 g/mol. The van der Waals surface area contributed by atoms with Gasteiger partial charge in [-0.3, -0.25) is 0 Å². The number of nitrogens with zero attached hydrogens (tertiary/aromatic N) is 2. The van der Waals surface area contributed by atoms with Crippen LogP contribution in [0.5, 0.6) is 0 Å². The van der Waals surface area contributed by atoms with Crippen LogP contribution in [0.15, 0.2) is 18.2 Å². The van der Waals surface area contributed by atoms with Crippen LogP contribution in [0.4, 0.5) is 11.4 Å². The second-order valence-corrected chi connectivity index (χ2v) is 4.71. The molecule has 0 aromatic heterocycles. The first kappa shape index (κ1) is 13.3. The maximum absolute atomic E-state index is 9.85. The van der Waals surface area contributed by atoms with E-state index in [9.17, 15) is 5.11 Å². The molecular weight excluding hydrogens is 214 g/mol. The van der Waals surface area contributed by atoms with Crippen LogP contribution < -0.4 is 10.6 Å². The van der Waals surface area contributed by atoms with Gasteiger partial charge >= 0.3 is 0 Å². The van der Waals surface area contributed by atoms with E-state index in [2.05, 4.69) is 6.07 Å². The zero-order valence-corrected chi connectivity index (χ0v) is 10.6. The van der Waals surface area contributed by atoms with Crippen molar-refractivity contribution in [3.05, 3.63) is 23.8 Å². The summed E-state index contributed by atoms with van der Waals surface area (Å²) in [5.41, 5.74) is 7.10. The first-order valence-corrected chi connectivity index (χ1v) is 5.64. The van der Waals surface area contributed by atoms with Gasteiger partial charge in [0.1, 0.15) is 0 Å².